The van der Waals surface area contributed by atoms with Gasteiger partial charge in [-0.15, -0.1) is 0 Å². The number of nitrogens with one attached hydrogen (secondary N) is 1. The molecule has 0 heterocycles. The first-order chi connectivity index (χ1) is 42.9. The van der Waals surface area contributed by atoms with Gasteiger partial charge in [0.15, 0.2) is 0 Å². The van der Waals surface area contributed by atoms with Crippen molar-refractivity contribution in [3.05, 3.63) is 122 Å². The van der Waals surface area contributed by atoms with Gasteiger partial charge in [-0.2, -0.15) is 0 Å². The number of carbonyl (C=O) groups is 2. The van der Waals surface area contributed by atoms with Gasteiger partial charge in [0.25, 0.3) is 7.82 Å². The summed E-state index contributed by atoms with van der Waals surface area (Å²) in [5, 5.41) is 3.03. The van der Waals surface area contributed by atoms with E-state index in [-0.39, 0.29) is 24.9 Å². The minimum atomic E-state index is -4.72. The van der Waals surface area contributed by atoms with E-state index in [0.717, 1.165) is 135 Å². The van der Waals surface area contributed by atoms with Crippen LogP contribution in [0.1, 0.15) is 310 Å². The van der Waals surface area contributed by atoms with Crippen LogP contribution in [0.4, 0.5) is 0 Å². The highest BCUT2D eigenvalue weighted by atomic mass is 31.2. The van der Waals surface area contributed by atoms with Gasteiger partial charge in [-0.25, -0.2) is 0 Å². The second kappa shape index (κ2) is 66.3. The minimum absolute atomic E-state index is 0.0313. The Labute approximate surface area is 543 Å². The third-order valence-electron chi connectivity index (χ3n) is 15.6. The maximum atomic E-state index is 13.6. The van der Waals surface area contributed by atoms with Crippen molar-refractivity contribution in [1.82, 2.24) is 5.32 Å². The van der Waals surface area contributed by atoms with Crippen LogP contribution < -0.4 is 10.2 Å². The van der Waals surface area contributed by atoms with Crippen LogP contribution in [-0.2, 0) is 27.9 Å². The number of rotatable bonds is 65. The van der Waals surface area contributed by atoms with Crippen molar-refractivity contribution in [3.63, 3.8) is 0 Å². The van der Waals surface area contributed by atoms with Crippen LogP contribution in [0, 0.1) is 0 Å². The number of phosphoric acid groups is 1. The molecule has 0 aliphatic heterocycles. The molecule has 10 heteroatoms. The molecular weight excluding hydrogens is 1110 g/mol. The second-order valence-corrected chi connectivity index (χ2v) is 26.8. The monoisotopic (exact) mass is 1250 g/mol. The maximum Gasteiger partial charge on any atom is 0.306 e. The Morgan fingerprint density at radius 3 is 1.11 bits per heavy atom. The maximum absolute atomic E-state index is 13.6. The van der Waals surface area contributed by atoms with Gasteiger partial charge in [-0.1, -0.05) is 297 Å². The fourth-order valence-corrected chi connectivity index (χ4v) is 10.8. The number of hydrogen-bond acceptors (Lipinski definition) is 7. The Hall–Kier alpha value is -3.59. The Morgan fingerprint density at radius 1 is 0.409 bits per heavy atom. The van der Waals surface area contributed by atoms with Gasteiger partial charge in [0.05, 0.1) is 33.8 Å². The fraction of sp³-hybridized carbons (Fsp3) is 0.718. The third kappa shape index (κ3) is 66.8. The highest BCUT2D eigenvalue weighted by molar-refractivity contribution is 7.45. The third-order valence-corrected chi connectivity index (χ3v) is 16.6. The van der Waals surface area contributed by atoms with E-state index < -0.39 is 26.6 Å². The first-order valence-electron chi connectivity index (χ1n) is 36.3. The van der Waals surface area contributed by atoms with Crippen LogP contribution >= 0.6 is 7.82 Å². The lowest BCUT2D eigenvalue weighted by Gasteiger charge is -2.30. The summed E-state index contributed by atoms with van der Waals surface area (Å²) in [5.74, 6) is -0.560. The number of carbonyl (C=O) groups excluding carboxylic acids is 2. The van der Waals surface area contributed by atoms with Gasteiger partial charge < -0.3 is 28.5 Å². The summed E-state index contributed by atoms with van der Waals surface area (Å²) in [6, 6.07) is -0.906. The zero-order chi connectivity index (χ0) is 64.2. The number of phosphoric ester groups is 1. The molecule has 0 saturated heterocycles. The van der Waals surface area contributed by atoms with E-state index in [4.69, 9.17) is 13.8 Å². The highest BCUT2D eigenvalue weighted by Crippen LogP contribution is 2.38. The first-order valence-corrected chi connectivity index (χ1v) is 37.8. The average molecular weight is 1250 g/mol. The van der Waals surface area contributed by atoms with Crippen molar-refractivity contribution in [2.45, 2.75) is 322 Å². The Kier molecular flexibility index (Phi) is 63.6. The van der Waals surface area contributed by atoms with E-state index in [1.54, 1.807) is 0 Å². The molecule has 0 spiro atoms. The standard InChI is InChI=1S/C78H137N2O7P/c1-7-10-13-16-19-22-25-28-30-32-34-36-38-40-42-44-46-48-50-52-55-58-61-64-67-70-77(81)79-75(74-86-88(83,84)85-73-72-80(4,5)6)76(69-66-63-60-57-54-27-24-21-18-15-12-9-3)87-78(82)71-68-65-62-59-56-53-51-49-47-45-43-41-39-37-35-33-31-29-26-23-20-17-14-11-8-2/h10,13,19-20,22-23,28-31,34-37,40,42,46,48,66,69,75-76H,7-9,11-12,14-18,21,24-27,32-33,38-39,41,43-45,47,49-65,67-68,70-74H2,1-6H3,(H-,79,81,83,84)/b13-10-,22-19-,23-20-,30-28-,31-29-,36-34-,37-35-,42-40-,48-46-,69-66+. The van der Waals surface area contributed by atoms with Crippen LogP contribution in [0.5, 0.6) is 0 Å². The Bertz CT molecular complexity index is 1920. The molecule has 1 amide bonds. The highest BCUT2D eigenvalue weighted by Gasteiger charge is 2.27. The number of amides is 1. The second-order valence-electron chi connectivity index (χ2n) is 25.4. The summed E-state index contributed by atoms with van der Waals surface area (Å²) in [4.78, 5) is 40.2. The zero-order valence-corrected chi connectivity index (χ0v) is 58.8. The van der Waals surface area contributed by atoms with Crippen LogP contribution in [0.2, 0.25) is 0 Å². The predicted molar refractivity (Wildman–Crippen MR) is 380 cm³/mol. The SMILES string of the molecule is CC/C=C\C/C=C\C/C=C\C/C=C\C/C=C\C/C=C\CCCCCCCCC(=O)NC(COP(=O)([O-])OCC[N+](C)(C)C)C(/C=C/CCCCCCCCCCCC)OC(=O)CCCCCCCCCCCCCC/C=C\C/C=C\C/C=C\CCCCC. The van der Waals surface area contributed by atoms with Gasteiger partial charge in [0, 0.05) is 12.8 Å². The summed E-state index contributed by atoms with van der Waals surface area (Å²) < 4.78 is 30.5. The summed E-state index contributed by atoms with van der Waals surface area (Å²) in [6.45, 7) is 6.70. The van der Waals surface area contributed by atoms with Crippen LogP contribution in [0.15, 0.2) is 122 Å². The van der Waals surface area contributed by atoms with Gasteiger partial charge >= 0.3 is 5.97 Å². The Morgan fingerprint density at radius 2 is 0.727 bits per heavy atom. The van der Waals surface area contributed by atoms with Crippen LogP contribution in [-0.4, -0.2) is 69.4 Å². The van der Waals surface area contributed by atoms with Crippen LogP contribution in [0.3, 0.4) is 0 Å². The lowest BCUT2D eigenvalue weighted by molar-refractivity contribution is -0.870. The zero-order valence-electron chi connectivity index (χ0n) is 57.9. The molecule has 9 nitrogen and oxygen atoms in total. The molecule has 1 N–H and O–H groups in total. The number of likely N-dealkylation sites (N-methyl/N-ethyl adjacent to an activating group) is 1. The molecule has 506 valence electrons. The van der Waals surface area contributed by atoms with Gasteiger partial charge in [-0.3, -0.25) is 14.2 Å². The molecule has 0 aromatic carbocycles. The summed E-state index contributed by atoms with van der Waals surface area (Å²) in [5.41, 5.74) is 0. The molecule has 0 aromatic heterocycles. The number of nitrogens with zero attached hydrogens (tertiary/aromatic N) is 1. The molecule has 3 atom stereocenters. The smallest absolute Gasteiger partial charge is 0.306 e. The molecule has 0 aromatic rings. The number of esters is 1. The van der Waals surface area contributed by atoms with E-state index >= 15 is 0 Å². The van der Waals surface area contributed by atoms with Crippen molar-refractivity contribution in [1.29, 1.82) is 0 Å². The molecule has 3 unspecified atom stereocenters. The largest absolute Gasteiger partial charge is 0.756 e. The number of hydrogen-bond donors (Lipinski definition) is 1. The predicted octanol–water partition coefficient (Wildman–Crippen LogP) is 22.8. The molecular formula is C78H137N2O7P. The van der Waals surface area contributed by atoms with E-state index in [9.17, 15) is 19.0 Å². The molecule has 0 bridgehead atoms. The number of unbranched alkanes of at least 4 members (excludes halogenated alkanes) is 31. The van der Waals surface area contributed by atoms with Crippen molar-refractivity contribution >= 4 is 19.7 Å². The molecule has 0 aliphatic carbocycles. The van der Waals surface area contributed by atoms with Gasteiger partial charge in [0.2, 0.25) is 5.91 Å². The lowest BCUT2D eigenvalue weighted by Crippen LogP contribution is -2.47. The number of quaternary nitrogens is 1. The van der Waals surface area contributed by atoms with E-state index in [1.165, 1.54) is 141 Å². The van der Waals surface area contributed by atoms with Gasteiger partial charge in [0.1, 0.15) is 19.3 Å². The first kappa shape index (κ1) is 84.4. The molecule has 0 saturated carbocycles. The molecule has 88 heavy (non-hydrogen) atoms. The number of ether oxygens (including phenoxy) is 1. The minimum Gasteiger partial charge on any atom is -0.756 e. The fourth-order valence-electron chi connectivity index (χ4n) is 10.1. The van der Waals surface area contributed by atoms with E-state index in [2.05, 4.69) is 135 Å². The molecule has 0 radical (unpaired) electrons. The van der Waals surface area contributed by atoms with Crippen molar-refractivity contribution in [2.75, 3.05) is 40.9 Å². The topological polar surface area (TPSA) is 114 Å². The Balaban J connectivity index is 5.10. The molecule has 0 fully saturated rings. The number of allylic oxidation sites excluding steroid dienone is 19. The van der Waals surface area contributed by atoms with Crippen molar-refractivity contribution in [2.24, 2.45) is 0 Å². The average Bonchev–Trinajstić information content (AvgIpc) is 3.71. The molecule has 0 rings (SSSR count). The normalized spacial score (nSPS) is 14.2. The van der Waals surface area contributed by atoms with E-state index in [0.29, 0.717) is 17.4 Å². The van der Waals surface area contributed by atoms with Crippen LogP contribution in [0.25, 0.3) is 0 Å². The molecule has 0 aliphatic rings. The summed E-state index contributed by atoms with van der Waals surface area (Å²) in [7, 11) is 1.16. The van der Waals surface area contributed by atoms with E-state index in [1.807, 2.05) is 33.3 Å². The van der Waals surface area contributed by atoms with Crippen molar-refractivity contribution in [3.8, 4) is 0 Å². The lowest BCUT2D eigenvalue weighted by atomic mass is 10.0. The van der Waals surface area contributed by atoms with Gasteiger partial charge in [-0.05, 0) is 122 Å². The summed E-state index contributed by atoms with van der Waals surface area (Å²) in [6.07, 6.45) is 93.2. The van der Waals surface area contributed by atoms with Crippen molar-refractivity contribution < 1.29 is 37.3 Å². The summed E-state index contributed by atoms with van der Waals surface area (Å²) >= 11 is 0. The quantitative estimate of drug-likeness (QED) is 0.0212.